The average molecular weight is 257 g/mol. The highest BCUT2D eigenvalue weighted by Crippen LogP contribution is 2.20. The minimum Gasteiger partial charge on any atom is -0.508 e. The molecule has 0 radical (unpaired) electrons. The summed E-state index contributed by atoms with van der Waals surface area (Å²) in [6, 6.07) is 10.8. The van der Waals surface area contributed by atoms with Gasteiger partial charge in [-0.1, -0.05) is 44.0 Å². The molecular weight excluding hydrogens is 238 g/mol. The normalized spacial score (nSPS) is 10.6. The quantitative estimate of drug-likeness (QED) is 0.806. The van der Waals surface area contributed by atoms with E-state index >= 15 is 0 Å². The van der Waals surface area contributed by atoms with E-state index in [1.165, 1.54) is 30.9 Å². The number of aromatic nitrogens is 1. The number of aryl methyl sites for hydroxylation is 1. The van der Waals surface area contributed by atoms with Gasteiger partial charge < -0.3 is 10.1 Å². The largest absolute Gasteiger partial charge is 0.508 e. The first kappa shape index (κ1) is 13.4. The summed E-state index contributed by atoms with van der Waals surface area (Å²) in [5, 5.41) is 9.43. The molecular formula is C16H19NO2. The minimum atomic E-state index is -0.290. The van der Waals surface area contributed by atoms with Crippen LogP contribution in [-0.4, -0.2) is 10.1 Å². The molecule has 2 rings (SSSR count). The van der Waals surface area contributed by atoms with Crippen LogP contribution in [0.5, 0.6) is 5.75 Å². The van der Waals surface area contributed by atoms with Crippen molar-refractivity contribution in [1.29, 1.82) is 0 Å². The van der Waals surface area contributed by atoms with Crippen molar-refractivity contribution in [2.45, 2.75) is 32.6 Å². The van der Waals surface area contributed by atoms with Crippen LogP contribution in [0.25, 0.3) is 11.3 Å². The first-order valence-electron chi connectivity index (χ1n) is 6.71. The Bertz CT molecular complexity index is 584. The number of rotatable bonds is 5. The Kier molecular flexibility index (Phi) is 4.39. The van der Waals surface area contributed by atoms with Crippen LogP contribution in [0.3, 0.4) is 0 Å². The van der Waals surface area contributed by atoms with E-state index in [9.17, 15) is 9.90 Å². The number of hydrogen-bond donors (Lipinski definition) is 2. The Morgan fingerprint density at radius 3 is 2.47 bits per heavy atom. The Hall–Kier alpha value is -2.03. The SMILES string of the molecule is CCCCCc1ccc(-c2cc(O)cc(=O)[nH]2)cc1. The summed E-state index contributed by atoms with van der Waals surface area (Å²) in [4.78, 5) is 14.0. The van der Waals surface area contributed by atoms with Gasteiger partial charge in [-0.3, -0.25) is 4.79 Å². The molecule has 0 atom stereocenters. The van der Waals surface area contributed by atoms with Gasteiger partial charge >= 0.3 is 0 Å². The van der Waals surface area contributed by atoms with E-state index in [0.29, 0.717) is 5.69 Å². The van der Waals surface area contributed by atoms with Crippen molar-refractivity contribution in [2.75, 3.05) is 0 Å². The van der Waals surface area contributed by atoms with Crippen molar-refractivity contribution in [2.24, 2.45) is 0 Å². The van der Waals surface area contributed by atoms with Gasteiger partial charge in [-0.25, -0.2) is 0 Å². The molecule has 3 heteroatoms. The lowest BCUT2D eigenvalue weighted by Crippen LogP contribution is -2.04. The number of hydrogen-bond acceptors (Lipinski definition) is 2. The summed E-state index contributed by atoms with van der Waals surface area (Å²) >= 11 is 0. The summed E-state index contributed by atoms with van der Waals surface area (Å²) in [5.74, 6) is -0.00854. The van der Waals surface area contributed by atoms with Crippen molar-refractivity contribution in [3.05, 3.63) is 52.3 Å². The Morgan fingerprint density at radius 1 is 1.11 bits per heavy atom. The molecule has 1 heterocycles. The molecule has 0 aliphatic rings. The molecule has 0 amide bonds. The lowest BCUT2D eigenvalue weighted by molar-refractivity contribution is 0.474. The zero-order valence-electron chi connectivity index (χ0n) is 11.1. The zero-order chi connectivity index (χ0) is 13.7. The summed E-state index contributed by atoms with van der Waals surface area (Å²) in [6.45, 7) is 2.20. The van der Waals surface area contributed by atoms with Crippen molar-refractivity contribution < 1.29 is 5.11 Å². The molecule has 0 unspecified atom stereocenters. The lowest BCUT2D eigenvalue weighted by atomic mass is 10.0. The second kappa shape index (κ2) is 6.23. The maximum atomic E-state index is 11.3. The Labute approximate surface area is 112 Å². The van der Waals surface area contributed by atoms with Gasteiger partial charge in [0.1, 0.15) is 5.75 Å². The molecule has 19 heavy (non-hydrogen) atoms. The van der Waals surface area contributed by atoms with Gasteiger partial charge in [0.15, 0.2) is 0 Å². The van der Waals surface area contributed by atoms with Crippen LogP contribution in [-0.2, 0) is 6.42 Å². The number of unbranched alkanes of at least 4 members (excludes halogenated alkanes) is 2. The first-order valence-corrected chi connectivity index (χ1v) is 6.71. The zero-order valence-corrected chi connectivity index (χ0v) is 11.1. The molecule has 3 nitrogen and oxygen atoms in total. The lowest BCUT2D eigenvalue weighted by Gasteiger charge is -2.05. The smallest absolute Gasteiger partial charge is 0.252 e. The molecule has 2 aromatic rings. The molecule has 0 aliphatic heterocycles. The van der Waals surface area contributed by atoms with Crippen LogP contribution in [0.1, 0.15) is 31.7 Å². The third-order valence-electron chi connectivity index (χ3n) is 3.16. The highest BCUT2D eigenvalue weighted by Gasteiger charge is 2.01. The molecule has 1 aromatic carbocycles. The summed E-state index contributed by atoms with van der Waals surface area (Å²) in [6.07, 6.45) is 4.77. The first-order chi connectivity index (χ1) is 9.19. The maximum absolute atomic E-state index is 11.3. The van der Waals surface area contributed by atoms with Crippen molar-refractivity contribution in [3.63, 3.8) is 0 Å². The van der Waals surface area contributed by atoms with E-state index in [4.69, 9.17) is 0 Å². The molecule has 2 N–H and O–H groups in total. The number of aromatic amines is 1. The van der Waals surface area contributed by atoms with Gasteiger partial charge in [0.25, 0.3) is 5.56 Å². The van der Waals surface area contributed by atoms with Gasteiger partial charge in [-0.05, 0) is 24.0 Å². The number of H-pyrrole nitrogens is 1. The molecule has 0 saturated carbocycles. The monoisotopic (exact) mass is 257 g/mol. The minimum absolute atomic E-state index is 0.00854. The van der Waals surface area contributed by atoms with Gasteiger partial charge in [-0.2, -0.15) is 0 Å². The number of aromatic hydroxyl groups is 1. The van der Waals surface area contributed by atoms with E-state index in [2.05, 4.69) is 24.0 Å². The topological polar surface area (TPSA) is 53.1 Å². The van der Waals surface area contributed by atoms with Crippen LogP contribution in [0.2, 0.25) is 0 Å². The fourth-order valence-corrected chi connectivity index (χ4v) is 2.11. The van der Waals surface area contributed by atoms with Crippen LogP contribution < -0.4 is 5.56 Å². The highest BCUT2D eigenvalue weighted by atomic mass is 16.3. The summed E-state index contributed by atoms with van der Waals surface area (Å²) < 4.78 is 0. The van der Waals surface area contributed by atoms with E-state index in [1.54, 1.807) is 6.07 Å². The second-order valence-corrected chi connectivity index (χ2v) is 4.77. The number of nitrogens with one attached hydrogen (secondary N) is 1. The van der Waals surface area contributed by atoms with Crippen molar-refractivity contribution in [1.82, 2.24) is 4.98 Å². The molecule has 0 aliphatic carbocycles. The van der Waals surface area contributed by atoms with Gasteiger partial charge in [0.05, 0.1) is 5.69 Å². The average Bonchev–Trinajstić information content (AvgIpc) is 2.39. The third kappa shape index (κ3) is 3.71. The predicted molar refractivity (Wildman–Crippen MR) is 77.4 cm³/mol. The molecule has 100 valence electrons. The van der Waals surface area contributed by atoms with Crippen LogP contribution in [0, 0.1) is 0 Å². The van der Waals surface area contributed by atoms with Crippen molar-refractivity contribution in [3.8, 4) is 17.0 Å². The van der Waals surface area contributed by atoms with Gasteiger partial charge in [0, 0.05) is 12.1 Å². The second-order valence-electron chi connectivity index (χ2n) is 4.77. The number of benzene rings is 1. The standard InChI is InChI=1S/C16H19NO2/c1-2-3-4-5-12-6-8-13(9-7-12)15-10-14(18)11-16(19)17-15/h6-11H,2-5H2,1H3,(H2,17,18,19). The Morgan fingerprint density at radius 2 is 1.84 bits per heavy atom. The Balaban J connectivity index is 2.15. The van der Waals surface area contributed by atoms with Gasteiger partial charge in [-0.15, -0.1) is 0 Å². The number of pyridine rings is 1. The molecule has 1 aromatic heterocycles. The fourth-order valence-electron chi connectivity index (χ4n) is 2.11. The fraction of sp³-hybridized carbons (Fsp3) is 0.312. The summed E-state index contributed by atoms with van der Waals surface area (Å²) in [5.41, 5.74) is 2.57. The van der Waals surface area contributed by atoms with Crippen molar-refractivity contribution >= 4 is 0 Å². The van der Waals surface area contributed by atoms with E-state index in [1.807, 2.05) is 12.1 Å². The molecule has 0 bridgehead atoms. The molecule has 0 saturated heterocycles. The van der Waals surface area contributed by atoms with E-state index < -0.39 is 0 Å². The molecule has 0 spiro atoms. The van der Waals surface area contributed by atoms with Crippen LogP contribution >= 0.6 is 0 Å². The van der Waals surface area contributed by atoms with E-state index in [-0.39, 0.29) is 11.3 Å². The maximum Gasteiger partial charge on any atom is 0.252 e. The summed E-state index contributed by atoms with van der Waals surface area (Å²) in [7, 11) is 0. The third-order valence-corrected chi connectivity index (χ3v) is 3.16. The van der Waals surface area contributed by atoms with Crippen LogP contribution in [0.4, 0.5) is 0 Å². The predicted octanol–water partition coefficient (Wildman–Crippen LogP) is 3.48. The van der Waals surface area contributed by atoms with Gasteiger partial charge in [0.2, 0.25) is 0 Å². The molecule has 0 fully saturated rings. The highest BCUT2D eigenvalue weighted by molar-refractivity contribution is 5.60. The van der Waals surface area contributed by atoms with Crippen LogP contribution in [0.15, 0.2) is 41.2 Å². The van der Waals surface area contributed by atoms with E-state index in [0.717, 1.165) is 12.0 Å².